The van der Waals surface area contributed by atoms with E-state index in [0.717, 1.165) is 24.5 Å². The average molecular weight is 526 g/mol. The van der Waals surface area contributed by atoms with Gasteiger partial charge < -0.3 is 9.47 Å². The van der Waals surface area contributed by atoms with Crippen LogP contribution in [0.2, 0.25) is 0 Å². The number of nitrogens with zero attached hydrogens (tertiary/aromatic N) is 1. The van der Waals surface area contributed by atoms with Crippen molar-refractivity contribution in [3.8, 4) is 11.3 Å². The number of halogens is 3. The van der Waals surface area contributed by atoms with Gasteiger partial charge in [-0.25, -0.2) is 4.79 Å². The fourth-order valence-corrected chi connectivity index (χ4v) is 4.04. The van der Waals surface area contributed by atoms with Crippen molar-refractivity contribution in [2.75, 3.05) is 0 Å². The van der Waals surface area contributed by atoms with Crippen LogP contribution in [-0.2, 0) is 26.9 Å². The number of carbonyl (C=O) groups excluding carboxylic acids is 2. The monoisotopic (exact) mass is 525 g/mol. The highest BCUT2D eigenvalue weighted by atomic mass is 19.4. The molecule has 0 spiro atoms. The fraction of sp³-hybridized carbons (Fsp3) is 0.367. The van der Waals surface area contributed by atoms with E-state index in [-0.39, 0.29) is 17.7 Å². The van der Waals surface area contributed by atoms with Gasteiger partial charge in [-0.1, -0.05) is 42.5 Å². The Morgan fingerprint density at radius 2 is 1.68 bits per heavy atom. The van der Waals surface area contributed by atoms with E-state index in [2.05, 4.69) is 4.98 Å². The van der Waals surface area contributed by atoms with E-state index in [1.54, 1.807) is 63.2 Å². The van der Waals surface area contributed by atoms with Crippen molar-refractivity contribution in [3.05, 3.63) is 88.6 Å². The molecule has 1 heterocycles. The second-order valence-electron chi connectivity index (χ2n) is 10.6. The van der Waals surface area contributed by atoms with Gasteiger partial charge in [0.05, 0.1) is 22.2 Å². The number of pyridine rings is 1. The summed E-state index contributed by atoms with van der Waals surface area (Å²) in [6.07, 6.45) is -2.29. The largest absolute Gasteiger partial charge is 0.425 e. The molecule has 0 N–H and O–H groups in total. The lowest BCUT2D eigenvalue weighted by atomic mass is 9.95. The zero-order valence-electron chi connectivity index (χ0n) is 21.8. The predicted molar refractivity (Wildman–Crippen MR) is 136 cm³/mol. The number of hydrogen-bond donors (Lipinski definition) is 0. The number of esters is 2. The number of rotatable bonds is 7. The van der Waals surface area contributed by atoms with Gasteiger partial charge in [0.15, 0.2) is 0 Å². The van der Waals surface area contributed by atoms with Crippen LogP contribution < -0.4 is 0 Å². The highest BCUT2D eigenvalue weighted by molar-refractivity contribution is 5.91. The Hall–Kier alpha value is -3.68. The van der Waals surface area contributed by atoms with Crippen molar-refractivity contribution in [3.63, 3.8) is 0 Å². The van der Waals surface area contributed by atoms with Gasteiger partial charge in [-0.05, 0) is 74.8 Å². The molecule has 0 aliphatic heterocycles. The molecule has 1 aromatic heterocycles. The first-order valence-corrected chi connectivity index (χ1v) is 12.5. The van der Waals surface area contributed by atoms with Gasteiger partial charge in [-0.3, -0.25) is 9.78 Å². The molecule has 1 aliphatic rings. The van der Waals surface area contributed by atoms with Crippen LogP contribution in [0, 0.1) is 5.41 Å². The lowest BCUT2D eigenvalue weighted by molar-refractivity contribution is -0.174. The lowest BCUT2D eigenvalue weighted by Gasteiger charge is -2.21. The summed E-state index contributed by atoms with van der Waals surface area (Å²) in [5, 5.41) is 0. The smallest absolute Gasteiger partial charge is 0.418 e. The van der Waals surface area contributed by atoms with Gasteiger partial charge >= 0.3 is 18.1 Å². The molecule has 38 heavy (non-hydrogen) atoms. The van der Waals surface area contributed by atoms with Crippen molar-refractivity contribution < 1.29 is 32.2 Å². The molecule has 0 bridgehead atoms. The van der Waals surface area contributed by atoms with Crippen LogP contribution in [0.4, 0.5) is 13.2 Å². The summed E-state index contributed by atoms with van der Waals surface area (Å²) in [4.78, 5) is 29.5. The second kappa shape index (κ2) is 10.6. The summed E-state index contributed by atoms with van der Waals surface area (Å²) in [6, 6.07) is 14.6. The van der Waals surface area contributed by atoms with Gasteiger partial charge in [0.1, 0.15) is 0 Å². The minimum Gasteiger partial charge on any atom is -0.425 e. The lowest BCUT2D eigenvalue weighted by Crippen LogP contribution is -2.29. The maximum absolute atomic E-state index is 14.0. The minimum atomic E-state index is -4.61. The number of aromatic nitrogens is 1. The van der Waals surface area contributed by atoms with Crippen LogP contribution in [0.5, 0.6) is 0 Å². The number of ether oxygens (including phenoxy) is 2. The van der Waals surface area contributed by atoms with Crippen LogP contribution in [0.25, 0.3) is 11.3 Å². The predicted octanol–water partition coefficient (Wildman–Crippen LogP) is 7.33. The van der Waals surface area contributed by atoms with E-state index in [1.165, 1.54) is 13.1 Å². The van der Waals surface area contributed by atoms with Crippen molar-refractivity contribution >= 4 is 11.9 Å². The molecular formula is C30H30F3NO4. The van der Waals surface area contributed by atoms with Crippen LogP contribution >= 0.6 is 0 Å². The van der Waals surface area contributed by atoms with Crippen LogP contribution in [0.1, 0.15) is 79.1 Å². The number of benzene rings is 2. The standard InChI is InChI=1S/C30H30F3NO4/c1-18(38-28(36)29(2,3)4)37-27(35)24-16-22(20-10-11-20)12-13-23(24)14-19-15-25(30(31,32)33)26(34-17-19)21-8-6-5-7-9-21/h5-9,12-13,15-18,20H,10-11,14H2,1-4H3. The highest BCUT2D eigenvalue weighted by Gasteiger charge is 2.35. The molecule has 1 unspecified atom stereocenters. The van der Waals surface area contributed by atoms with E-state index in [9.17, 15) is 22.8 Å². The molecular weight excluding hydrogens is 495 g/mol. The molecule has 5 nitrogen and oxygen atoms in total. The molecule has 200 valence electrons. The van der Waals surface area contributed by atoms with E-state index in [0.29, 0.717) is 22.6 Å². The van der Waals surface area contributed by atoms with E-state index in [4.69, 9.17) is 9.47 Å². The van der Waals surface area contributed by atoms with Crippen LogP contribution in [-0.4, -0.2) is 23.2 Å². The maximum atomic E-state index is 14.0. The first kappa shape index (κ1) is 27.4. The van der Waals surface area contributed by atoms with Gasteiger partial charge in [-0.15, -0.1) is 0 Å². The summed E-state index contributed by atoms with van der Waals surface area (Å²) in [5.41, 5.74) is 0.592. The molecule has 4 rings (SSSR count). The highest BCUT2D eigenvalue weighted by Crippen LogP contribution is 2.41. The van der Waals surface area contributed by atoms with E-state index >= 15 is 0 Å². The Morgan fingerprint density at radius 3 is 2.29 bits per heavy atom. The SMILES string of the molecule is CC(OC(=O)c1cc(C2CC2)ccc1Cc1cnc(-c2ccccc2)c(C(F)(F)F)c1)OC(=O)C(C)(C)C. The molecule has 3 aromatic rings. The Labute approximate surface area is 220 Å². The van der Waals surface area contributed by atoms with Crippen molar-refractivity contribution in [1.82, 2.24) is 4.98 Å². The Bertz CT molecular complexity index is 1330. The normalized spacial score (nSPS) is 14.6. The topological polar surface area (TPSA) is 65.5 Å². The van der Waals surface area contributed by atoms with E-state index in [1.807, 2.05) is 6.07 Å². The van der Waals surface area contributed by atoms with Crippen molar-refractivity contribution in [1.29, 1.82) is 0 Å². The molecule has 0 radical (unpaired) electrons. The third-order valence-electron chi connectivity index (χ3n) is 6.25. The third-order valence-corrected chi connectivity index (χ3v) is 6.25. The molecule has 1 fully saturated rings. The van der Waals surface area contributed by atoms with Crippen LogP contribution in [0.15, 0.2) is 60.8 Å². The Kier molecular flexibility index (Phi) is 7.63. The summed E-state index contributed by atoms with van der Waals surface area (Å²) in [6.45, 7) is 6.52. The van der Waals surface area contributed by atoms with Gasteiger partial charge in [0.25, 0.3) is 0 Å². The summed E-state index contributed by atoms with van der Waals surface area (Å²) in [7, 11) is 0. The van der Waals surface area contributed by atoms with Crippen LogP contribution in [0.3, 0.4) is 0 Å². The first-order chi connectivity index (χ1) is 17.8. The minimum absolute atomic E-state index is 0.0384. The van der Waals surface area contributed by atoms with Crippen molar-refractivity contribution in [2.45, 2.75) is 65.3 Å². The summed E-state index contributed by atoms with van der Waals surface area (Å²) in [5.74, 6) is -0.883. The molecule has 1 saturated carbocycles. The summed E-state index contributed by atoms with van der Waals surface area (Å²) < 4.78 is 52.6. The number of hydrogen-bond acceptors (Lipinski definition) is 5. The third kappa shape index (κ3) is 6.60. The molecule has 8 heteroatoms. The zero-order chi connectivity index (χ0) is 27.7. The Balaban J connectivity index is 1.63. The van der Waals surface area contributed by atoms with Crippen molar-refractivity contribution in [2.24, 2.45) is 5.41 Å². The first-order valence-electron chi connectivity index (χ1n) is 12.5. The molecule has 1 aliphatic carbocycles. The van der Waals surface area contributed by atoms with Gasteiger partial charge in [0.2, 0.25) is 6.29 Å². The Morgan fingerprint density at radius 1 is 1.00 bits per heavy atom. The quantitative estimate of drug-likeness (QED) is 0.239. The van der Waals surface area contributed by atoms with E-state index < -0.39 is 35.4 Å². The zero-order valence-corrected chi connectivity index (χ0v) is 21.8. The van der Waals surface area contributed by atoms with Gasteiger partial charge in [0, 0.05) is 18.7 Å². The summed E-state index contributed by atoms with van der Waals surface area (Å²) >= 11 is 0. The molecule has 0 saturated heterocycles. The fourth-order valence-electron chi connectivity index (χ4n) is 4.04. The second-order valence-corrected chi connectivity index (χ2v) is 10.6. The average Bonchev–Trinajstić information content (AvgIpc) is 3.69. The number of carbonyl (C=O) groups is 2. The number of alkyl halides is 3. The maximum Gasteiger partial charge on any atom is 0.418 e. The van der Waals surface area contributed by atoms with Gasteiger partial charge in [-0.2, -0.15) is 13.2 Å². The molecule has 0 amide bonds. The molecule has 2 aromatic carbocycles. The molecule has 1 atom stereocenters.